The molecule has 2 atom stereocenters. The first-order valence-corrected chi connectivity index (χ1v) is 8.32. The second-order valence-corrected chi connectivity index (χ2v) is 7.04. The predicted molar refractivity (Wildman–Crippen MR) is 85.0 cm³/mol. The summed E-state index contributed by atoms with van der Waals surface area (Å²) in [5.74, 6) is 1.26. The number of hydrogen-bond donors (Lipinski definition) is 1. The third-order valence-corrected chi connectivity index (χ3v) is 4.59. The molecule has 1 aliphatic carbocycles. The Kier molecular flexibility index (Phi) is 5.25. The van der Waals surface area contributed by atoms with E-state index in [4.69, 9.17) is 0 Å². The third kappa shape index (κ3) is 3.63. The van der Waals surface area contributed by atoms with Crippen molar-refractivity contribution >= 4 is 0 Å². The summed E-state index contributed by atoms with van der Waals surface area (Å²) in [5, 5.41) is 3.77. The van der Waals surface area contributed by atoms with Crippen LogP contribution in [0.4, 0.5) is 0 Å². The zero-order valence-electron chi connectivity index (χ0n) is 13.7. The Morgan fingerprint density at radius 3 is 2.85 bits per heavy atom. The molecule has 114 valence electrons. The highest BCUT2D eigenvalue weighted by Gasteiger charge is 2.36. The zero-order chi connectivity index (χ0) is 14.6. The lowest BCUT2D eigenvalue weighted by Crippen LogP contribution is -2.44. The first kappa shape index (κ1) is 15.6. The van der Waals surface area contributed by atoms with Crippen LogP contribution in [0, 0.1) is 5.41 Å². The quantitative estimate of drug-likeness (QED) is 0.853. The van der Waals surface area contributed by atoms with Crippen LogP contribution in [0.3, 0.4) is 0 Å². The van der Waals surface area contributed by atoms with Gasteiger partial charge in [0.15, 0.2) is 0 Å². The highest BCUT2D eigenvalue weighted by atomic mass is 15.1. The molecule has 20 heavy (non-hydrogen) atoms. The van der Waals surface area contributed by atoms with Crippen molar-refractivity contribution in [3.8, 4) is 0 Å². The molecular formula is C17H31N3. The molecule has 1 N–H and O–H groups in total. The monoisotopic (exact) mass is 277 g/mol. The smallest absolute Gasteiger partial charge is 0.108 e. The van der Waals surface area contributed by atoms with Crippen molar-refractivity contribution in [1.29, 1.82) is 0 Å². The third-order valence-electron chi connectivity index (χ3n) is 4.59. The van der Waals surface area contributed by atoms with Crippen molar-refractivity contribution in [1.82, 2.24) is 14.9 Å². The Hall–Kier alpha value is -0.830. The molecule has 1 aromatic rings. The van der Waals surface area contributed by atoms with Crippen LogP contribution in [-0.2, 0) is 6.42 Å². The van der Waals surface area contributed by atoms with Gasteiger partial charge in [0.1, 0.15) is 5.82 Å². The van der Waals surface area contributed by atoms with Gasteiger partial charge in [-0.2, -0.15) is 0 Å². The van der Waals surface area contributed by atoms with E-state index in [2.05, 4.69) is 48.8 Å². The molecule has 1 saturated carbocycles. The molecule has 1 fully saturated rings. The minimum absolute atomic E-state index is 0.447. The fraction of sp³-hybridized carbons (Fsp3) is 0.824. The van der Waals surface area contributed by atoms with E-state index in [0.717, 1.165) is 13.0 Å². The second-order valence-electron chi connectivity index (χ2n) is 7.04. The average molecular weight is 277 g/mol. The number of aryl methyl sites for hydroxylation is 1. The number of imidazole rings is 1. The fourth-order valence-corrected chi connectivity index (χ4v) is 3.47. The first-order valence-electron chi connectivity index (χ1n) is 8.32. The van der Waals surface area contributed by atoms with Crippen LogP contribution in [0.5, 0.6) is 0 Å². The van der Waals surface area contributed by atoms with E-state index in [1.54, 1.807) is 0 Å². The highest BCUT2D eigenvalue weighted by Crippen LogP contribution is 2.41. The van der Waals surface area contributed by atoms with Gasteiger partial charge in [-0.15, -0.1) is 0 Å². The number of nitrogens with one attached hydrogen (secondary N) is 1. The molecule has 3 nitrogen and oxygen atoms in total. The Morgan fingerprint density at radius 1 is 1.35 bits per heavy atom. The van der Waals surface area contributed by atoms with Gasteiger partial charge in [0.2, 0.25) is 0 Å². The van der Waals surface area contributed by atoms with Crippen molar-refractivity contribution < 1.29 is 0 Å². The molecule has 3 heteroatoms. The van der Waals surface area contributed by atoms with Gasteiger partial charge in [-0.25, -0.2) is 4.98 Å². The summed E-state index contributed by atoms with van der Waals surface area (Å²) >= 11 is 0. The zero-order valence-corrected chi connectivity index (χ0v) is 13.7. The first-order chi connectivity index (χ1) is 9.57. The largest absolute Gasteiger partial charge is 0.330 e. The molecular weight excluding hydrogens is 246 g/mol. The summed E-state index contributed by atoms with van der Waals surface area (Å²) in [7, 11) is 0. The van der Waals surface area contributed by atoms with Gasteiger partial charge in [-0.3, -0.25) is 0 Å². The Bertz CT molecular complexity index is 408. The van der Waals surface area contributed by atoms with Gasteiger partial charge < -0.3 is 9.88 Å². The van der Waals surface area contributed by atoms with Gasteiger partial charge in [0.25, 0.3) is 0 Å². The summed E-state index contributed by atoms with van der Waals surface area (Å²) in [6.45, 7) is 10.4. The fourth-order valence-electron chi connectivity index (χ4n) is 3.47. The van der Waals surface area contributed by atoms with E-state index < -0.39 is 0 Å². The number of hydrogen-bond acceptors (Lipinski definition) is 2. The molecule has 0 spiro atoms. The van der Waals surface area contributed by atoms with Crippen LogP contribution < -0.4 is 5.32 Å². The normalized spacial score (nSPS) is 25.8. The Balaban J connectivity index is 2.19. The molecule has 2 rings (SSSR count). The van der Waals surface area contributed by atoms with Crippen molar-refractivity contribution in [3.63, 3.8) is 0 Å². The maximum absolute atomic E-state index is 4.58. The maximum atomic E-state index is 4.58. The molecule has 1 heterocycles. The van der Waals surface area contributed by atoms with E-state index in [9.17, 15) is 0 Å². The summed E-state index contributed by atoms with van der Waals surface area (Å²) < 4.78 is 2.46. The average Bonchev–Trinajstić information content (AvgIpc) is 2.85. The van der Waals surface area contributed by atoms with Crippen LogP contribution in [0.15, 0.2) is 12.4 Å². The summed E-state index contributed by atoms with van der Waals surface area (Å²) in [4.78, 5) is 4.58. The Labute approximate surface area is 124 Å². The van der Waals surface area contributed by atoms with Crippen LogP contribution >= 0.6 is 0 Å². The number of aromatic nitrogens is 2. The number of rotatable bonds is 6. The van der Waals surface area contributed by atoms with E-state index in [0.29, 0.717) is 17.5 Å². The van der Waals surface area contributed by atoms with Crippen molar-refractivity contribution in [2.24, 2.45) is 5.41 Å². The SMILES string of the molecule is CCCNC1CCC(C)(C)CC1n1ccnc1CCC. The Morgan fingerprint density at radius 2 is 2.15 bits per heavy atom. The van der Waals surface area contributed by atoms with Gasteiger partial charge in [-0.1, -0.05) is 27.7 Å². The molecule has 1 aromatic heterocycles. The molecule has 0 aromatic carbocycles. The van der Waals surface area contributed by atoms with Gasteiger partial charge in [0, 0.05) is 24.9 Å². The molecule has 0 aliphatic heterocycles. The van der Waals surface area contributed by atoms with Gasteiger partial charge in [0.05, 0.1) is 6.04 Å². The summed E-state index contributed by atoms with van der Waals surface area (Å²) in [5.41, 5.74) is 0.447. The highest BCUT2D eigenvalue weighted by molar-refractivity contribution is 5.01. The van der Waals surface area contributed by atoms with Crippen LogP contribution in [0.2, 0.25) is 0 Å². The standard InChI is InChI=1S/C17H31N3/c1-5-7-16-19-11-12-20(16)15-13-17(3,4)9-8-14(15)18-10-6-2/h11-12,14-15,18H,5-10,13H2,1-4H3. The van der Waals surface area contributed by atoms with E-state index >= 15 is 0 Å². The molecule has 2 unspecified atom stereocenters. The van der Waals surface area contributed by atoms with Crippen molar-refractivity contribution in [3.05, 3.63) is 18.2 Å². The molecule has 0 bridgehead atoms. The van der Waals surface area contributed by atoms with Crippen molar-refractivity contribution in [2.45, 2.75) is 78.3 Å². The maximum Gasteiger partial charge on any atom is 0.108 e. The topological polar surface area (TPSA) is 29.9 Å². The van der Waals surface area contributed by atoms with Crippen LogP contribution in [0.25, 0.3) is 0 Å². The lowest BCUT2D eigenvalue weighted by molar-refractivity contribution is 0.140. The number of nitrogens with zero attached hydrogens (tertiary/aromatic N) is 2. The van der Waals surface area contributed by atoms with Crippen molar-refractivity contribution in [2.75, 3.05) is 6.54 Å². The molecule has 0 radical (unpaired) electrons. The minimum atomic E-state index is 0.447. The van der Waals surface area contributed by atoms with E-state index in [1.165, 1.54) is 37.9 Å². The van der Waals surface area contributed by atoms with E-state index in [-0.39, 0.29) is 0 Å². The molecule has 1 aliphatic rings. The summed E-state index contributed by atoms with van der Waals surface area (Å²) in [6.07, 6.45) is 11.5. The lowest BCUT2D eigenvalue weighted by Gasteiger charge is -2.42. The minimum Gasteiger partial charge on any atom is -0.330 e. The molecule has 0 amide bonds. The van der Waals surface area contributed by atoms with Crippen LogP contribution in [0.1, 0.15) is 71.7 Å². The van der Waals surface area contributed by atoms with Gasteiger partial charge >= 0.3 is 0 Å². The second kappa shape index (κ2) is 6.75. The predicted octanol–water partition coefficient (Wildman–Crippen LogP) is 3.96. The van der Waals surface area contributed by atoms with E-state index in [1.807, 2.05) is 6.20 Å². The summed E-state index contributed by atoms with van der Waals surface area (Å²) in [6, 6.07) is 1.17. The lowest BCUT2D eigenvalue weighted by atomic mass is 9.72. The van der Waals surface area contributed by atoms with Crippen LogP contribution in [-0.4, -0.2) is 22.1 Å². The van der Waals surface area contributed by atoms with Gasteiger partial charge in [-0.05, 0) is 44.1 Å². The molecule has 0 saturated heterocycles.